The summed E-state index contributed by atoms with van der Waals surface area (Å²) in [7, 11) is 0. The molecule has 2 unspecified atom stereocenters. The van der Waals surface area contributed by atoms with E-state index in [0.29, 0.717) is 12.5 Å². The number of carbonyl (C=O) groups excluding carboxylic acids is 1. The van der Waals surface area contributed by atoms with Crippen LogP contribution < -0.4 is 0 Å². The topological polar surface area (TPSA) is 36.7 Å². The summed E-state index contributed by atoms with van der Waals surface area (Å²) in [6, 6.07) is 4.00. The van der Waals surface area contributed by atoms with Gasteiger partial charge in [0.25, 0.3) is 0 Å². The van der Waals surface area contributed by atoms with E-state index in [9.17, 15) is 4.79 Å². The third-order valence-corrected chi connectivity index (χ3v) is 4.31. The maximum atomic E-state index is 12.6. The largest absolute Gasteiger partial charge is 0.467 e. The van der Waals surface area contributed by atoms with E-state index in [1.807, 2.05) is 17.0 Å². The van der Waals surface area contributed by atoms with Crippen molar-refractivity contribution in [2.24, 2.45) is 5.92 Å². The van der Waals surface area contributed by atoms with Gasteiger partial charge in [0.2, 0.25) is 5.91 Å². The molecule has 2 heterocycles. The Balaban J connectivity index is 2.09. The first-order chi connectivity index (χ1) is 9.65. The van der Waals surface area contributed by atoms with Crippen molar-refractivity contribution in [1.29, 1.82) is 0 Å². The molecule has 0 spiro atoms. The Morgan fingerprint density at radius 3 is 2.80 bits per heavy atom. The zero-order valence-electron chi connectivity index (χ0n) is 12.8. The molecular formula is C16H26N2O2. The Morgan fingerprint density at radius 2 is 2.20 bits per heavy atom. The molecule has 0 radical (unpaired) electrons. The van der Waals surface area contributed by atoms with E-state index in [4.69, 9.17) is 4.42 Å². The summed E-state index contributed by atoms with van der Waals surface area (Å²) in [6.45, 7) is 9.63. The number of hydrogen-bond acceptors (Lipinski definition) is 3. The lowest BCUT2D eigenvalue weighted by atomic mass is 9.91. The van der Waals surface area contributed by atoms with Crippen LogP contribution in [0.4, 0.5) is 0 Å². The normalized spacial score (nSPS) is 23.3. The standard InChI is InChI=1S/C16H26N2O2/c1-4-17(5-2)12-16(19)18-9-8-13(3)11-14(18)15-7-6-10-20-15/h6-7,10,13-14H,4-5,8-9,11-12H2,1-3H3. The number of carbonyl (C=O) groups is 1. The van der Waals surface area contributed by atoms with Crippen LogP contribution in [0.1, 0.15) is 45.4 Å². The molecule has 0 aromatic carbocycles. The van der Waals surface area contributed by atoms with Gasteiger partial charge in [0.05, 0.1) is 18.8 Å². The highest BCUT2D eigenvalue weighted by molar-refractivity contribution is 5.78. The third kappa shape index (κ3) is 3.42. The van der Waals surface area contributed by atoms with Gasteiger partial charge in [-0.05, 0) is 44.0 Å². The summed E-state index contributed by atoms with van der Waals surface area (Å²) in [4.78, 5) is 16.8. The maximum absolute atomic E-state index is 12.6. The van der Waals surface area contributed by atoms with Crippen LogP contribution in [0.3, 0.4) is 0 Å². The maximum Gasteiger partial charge on any atom is 0.237 e. The fourth-order valence-corrected chi connectivity index (χ4v) is 2.92. The Morgan fingerprint density at radius 1 is 1.45 bits per heavy atom. The van der Waals surface area contributed by atoms with Gasteiger partial charge in [0.1, 0.15) is 5.76 Å². The average molecular weight is 278 g/mol. The molecule has 0 N–H and O–H groups in total. The minimum Gasteiger partial charge on any atom is -0.467 e. The fraction of sp³-hybridized carbons (Fsp3) is 0.688. The van der Waals surface area contributed by atoms with Crippen molar-refractivity contribution in [2.45, 2.75) is 39.7 Å². The van der Waals surface area contributed by atoms with E-state index in [1.54, 1.807) is 6.26 Å². The Bertz CT molecular complexity index is 412. The highest BCUT2D eigenvalue weighted by Crippen LogP contribution is 2.34. The SMILES string of the molecule is CCN(CC)CC(=O)N1CCC(C)CC1c1ccco1. The number of likely N-dealkylation sites (tertiary alicyclic amines) is 1. The number of hydrogen-bond donors (Lipinski definition) is 0. The van der Waals surface area contributed by atoms with Crippen molar-refractivity contribution in [3.63, 3.8) is 0 Å². The van der Waals surface area contributed by atoms with E-state index in [1.165, 1.54) is 0 Å². The van der Waals surface area contributed by atoms with Crippen molar-refractivity contribution < 1.29 is 9.21 Å². The van der Waals surface area contributed by atoms with Crippen molar-refractivity contribution in [1.82, 2.24) is 9.80 Å². The molecule has 4 nitrogen and oxygen atoms in total. The number of nitrogens with zero attached hydrogens (tertiary/aromatic N) is 2. The van der Waals surface area contributed by atoms with Gasteiger partial charge in [-0.25, -0.2) is 0 Å². The lowest BCUT2D eigenvalue weighted by molar-refractivity contribution is -0.137. The molecule has 112 valence electrons. The van der Waals surface area contributed by atoms with Crippen LogP contribution in [0, 0.1) is 5.92 Å². The fourth-order valence-electron chi connectivity index (χ4n) is 2.92. The molecule has 1 saturated heterocycles. The summed E-state index contributed by atoms with van der Waals surface area (Å²) < 4.78 is 5.55. The van der Waals surface area contributed by atoms with Gasteiger partial charge in [0.15, 0.2) is 0 Å². The summed E-state index contributed by atoms with van der Waals surface area (Å²) in [5.41, 5.74) is 0. The molecule has 0 bridgehead atoms. The molecule has 2 rings (SSSR count). The summed E-state index contributed by atoms with van der Waals surface area (Å²) in [6.07, 6.45) is 3.78. The molecule has 1 aromatic rings. The number of amides is 1. The minimum absolute atomic E-state index is 0.108. The first-order valence-electron chi connectivity index (χ1n) is 7.70. The summed E-state index contributed by atoms with van der Waals surface area (Å²) >= 11 is 0. The monoisotopic (exact) mass is 278 g/mol. The van der Waals surface area contributed by atoms with E-state index >= 15 is 0 Å². The van der Waals surface area contributed by atoms with Gasteiger partial charge >= 0.3 is 0 Å². The number of piperidine rings is 1. The van der Waals surface area contributed by atoms with E-state index < -0.39 is 0 Å². The molecule has 1 aliphatic heterocycles. The lowest BCUT2D eigenvalue weighted by Gasteiger charge is -2.38. The van der Waals surface area contributed by atoms with Crippen LogP contribution >= 0.6 is 0 Å². The van der Waals surface area contributed by atoms with Gasteiger partial charge < -0.3 is 9.32 Å². The highest BCUT2D eigenvalue weighted by atomic mass is 16.3. The summed E-state index contributed by atoms with van der Waals surface area (Å²) in [5.74, 6) is 1.79. The Labute approximate surface area is 121 Å². The van der Waals surface area contributed by atoms with E-state index in [-0.39, 0.29) is 11.9 Å². The van der Waals surface area contributed by atoms with Crippen molar-refractivity contribution in [3.05, 3.63) is 24.2 Å². The van der Waals surface area contributed by atoms with Crippen LogP contribution in [0.15, 0.2) is 22.8 Å². The second-order valence-electron chi connectivity index (χ2n) is 5.71. The van der Waals surface area contributed by atoms with E-state index in [0.717, 1.165) is 38.2 Å². The molecule has 1 fully saturated rings. The van der Waals surface area contributed by atoms with Crippen LogP contribution in [0.5, 0.6) is 0 Å². The first-order valence-corrected chi connectivity index (χ1v) is 7.70. The Kier molecular flexibility index (Phi) is 5.24. The molecular weight excluding hydrogens is 252 g/mol. The number of rotatable bonds is 5. The molecule has 0 saturated carbocycles. The first kappa shape index (κ1) is 15.1. The van der Waals surface area contributed by atoms with Gasteiger partial charge in [-0.1, -0.05) is 20.8 Å². The smallest absolute Gasteiger partial charge is 0.237 e. The predicted molar refractivity (Wildman–Crippen MR) is 79.3 cm³/mol. The molecule has 0 aliphatic carbocycles. The lowest BCUT2D eigenvalue weighted by Crippen LogP contribution is -2.45. The zero-order chi connectivity index (χ0) is 14.5. The second-order valence-corrected chi connectivity index (χ2v) is 5.71. The molecule has 2 atom stereocenters. The van der Waals surface area contributed by atoms with Gasteiger partial charge in [-0.2, -0.15) is 0 Å². The van der Waals surface area contributed by atoms with Crippen LogP contribution in [0.2, 0.25) is 0 Å². The van der Waals surface area contributed by atoms with Gasteiger partial charge in [-0.3, -0.25) is 9.69 Å². The number of likely N-dealkylation sites (N-methyl/N-ethyl adjacent to an activating group) is 1. The number of furan rings is 1. The second kappa shape index (κ2) is 6.93. The van der Waals surface area contributed by atoms with Crippen molar-refractivity contribution in [3.8, 4) is 0 Å². The molecule has 4 heteroatoms. The van der Waals surface area contributed by atoms with Gasteiger partial charge in [-0.15, -0.1) is 0 Å². The Hall–Kier alpha value is -1.29. The molecule has 1 aromatic heterocycles. The minimum atomic E-state index is 0.108. The van der Waals surface area contributed by atoms with Crippen LogP contribution in [-0.4, -0.2) is 41.9 Å². The van der Waals surface area contributed by atoms with Crippen molar-refractivity contribution >= 4 is 5.91 Å². The predicted octanol–water partition coefficient (Wildman–Crippen LogP) is 2.92. The van der Waals surface area contributed by atoms with Crippen LogP contribution in [0.25, 0.3) is 0 Å². The molecule has 1 amide bonds. The molecule has 1 aliphatic rings. The van der Waals surface area contributed by atoms with Crippen LogP contribution in [-0.2, 0) is 4.79 Å². The third-order valence-electron chi connectivity index (χ3n) is 4.31. The van der Waals surface area contributed by atoms with Crippen molar-refractivity contribution in [2.75, 3.05) is 26.2 Å². The van der Waals surface area contributed by atoms with Gasteiger partial charge in [0, 0.05) is 6.54 Å². The quantitative estimate of drug-likeness (QED) is 0.831. The highest BCUT2D eigenvalue weighted by Gasteiger charge is 2.32. The molecule has 20 heavy (non-hydrogen) atoms. The zero-order valence-corrected chi connectivity index (χ0v) is 12.8. The van der Waals surface area contributed by atoms with E-state index in [2.05, 4.69) is 25.7 Å². The summed E-state index contributed by atoms with van der Waals surface area (Å²) in [5, 5.41) is 0. The average Bonchev–Trinajstić information content (AvgIpc) is 2.98.